The number of para-hydroxylation sites is 1. The fourth-order valence-corrected chi connectivity index (χ4v) is 3.58. The number of tetrazole rings is 1. The highest BCUT2D eigenvalue weighted by molar-refractivity contribution is 5.77. The SMILES string of the molecule is Cc1cc(Cn2nnn(-c3ccccc3C(C)(C)C)c2=O)cc(C)c1OC(C)(C)C(=O)O. The molecule has 0 atom stereocenters. The van der Waals surface area contributed by atoms with Gasteiger partial charge in [0.05, 0.1) is 12.2 Å². The zero-order valence-corrected chi connectivity index (χ0v) is 19.6. The molecule has 0 saturated heterocycles. The zero-order valence-electron chi connectivity index (χ0n) is 19.6. The first-order chi connectivity index (χ1) is 14.8. The molecule has 1 N–H and O–H groups in total. The molecule has 0 bridgehead atoms. The van der Waals surface area contributed by atoms with E-state index in [2.05, 4.69) is 31.2 Å². The Morgan fingerprint density at radius 2 is 1.62 bits per heavy atom. The van der Waals surface area contributed by atoms with Gasteiger partial charge in [-0.15, -0.1) is 0 Å². The summed E-state index contributed by atoms with van der Waals surface area (Å²) in [5.41, 5.74) is 2.29. The number of carbonyl (C=O) groups is 1. The summed E-state index contributed by atoms with van der Waals surface area (Å²) in [6.45, 7) is 13.2. The maximum atomic E-state index is 13.1. The standard InChI is InChI=1S/C24H30N4O4/c1-15-12-17(13-16(2)20(15)32-24(6,7)21(29)30)14-27-22(31)28(26-25-27)19-11-9-8-10-18(19)23(3,4)5/h8-13H,14H2,1-7H3,(H,29,30). The molecule has 170 valence electrons. The van der Waals surface area contributed by atoms with Crippen LogP contribution in [0.2, 0.25) is 0 Å². The van der Waals surface area contributed by atoms with Gasteiger partial charge in [0.15, 0.2) is 5.60 Å². The van der Waals surface area contributed by atoms with Gasteiger partial charge in [-0.2, -0.15) is 9.36 Å². The monoisotopic (exact) mass is 438 g/mol. The summed E-state index contributed by atoms with van der Waals surface area (Å²) in [5, 5.41) is 17.5. The summed E-state index contributed by atoms with van der Waals surface area (Å²) in [5.74, 6) is -0.518. The van der Waals surface area contributed by atoms with Crippen molar-refractivity contribution in [3.63, 3.8) is 0 Å². The minimum Gasteiger partial charge on any atom is -0.478 e. The Morgan fingerprint density at radius 3 is 2.19 bits per heavy atom. The minimum atomic E-state index is -1.35. The molecule has 0 amide bonds. The van der Waals surface area contributed by atoms with Gasteiger partial charge in [0.2, 0.25) is 0 Å². The van der Waals surface area contributed by atoms with Crippen molar-refractivity contribution in [3.05, 3.63) is 69.1 Å². The smallest absolute Gasteiger partial charge is 0.368 e. The van der Waals surface area contributed by atoms with E-state index in [9.17, 15) is 14.7 Å². The largest absolute Gasteiger partial charge is 0.478 e. The van der Waals surface area contributed by atoms with Crippen LogP contribution >= 0.6 is 0 Å². The van der Waals surface area contributed by atoms with Crippen molar-refractivity contribution in [1.82, 2.24) is 19.8 Å². The van der Waals surface area contributed by atoms with E-state index in [1.165, 1.54) is 23.2 Å². The molecule has 1 aromatic heterocycles. The van der Waals surface area contributed by atoms with E-state index in [0.29, 0.717) is 11.4 Å². The summed E-state index contributed by atoms with van der Waals surface area (Å²) in [6.07, 6.45) is 0. The summed E-state index contributed by atoms with van der Waals surface area (Å²) in [6, 6.07) is 11.4. The molecule has 0 aliphatic carbocycles. The highest BCUT2D eigenvalue weighted by Crippen LogP contribution is 2.29. The Labute approximate surface area is 187 Å². The van der Waals surface area contributed by atoms with Gasteiger partial charge in [-0.1, -0.05) is 51.1 Å². The Balaban J connectivity index is 1.94. The maximum absolute atomic E-state index is 13.1. The van der Waals surface area contributed by atoms with Crippen LogP contribution in [0, 0.1) is 13.8 Å². The zero-order chi connectivity index (χ0) is 23.8. The van der Waals surface area contributed by atoms with Crippen molar-refractivity contribution in [3.8, 4) is 11.4 Å². The number of aliphatic carboxylic acids is 1. The van der Waals surface area contributed by atoms with Gasteiger partial charge in [-0.25, -0.2) is 9.59 Å². The second-order valence-corrected chi connectivity index (χ2v) is 9.57. The molecule has 0 spiro atoms. The van der Waals surface area contributed by atoms with Gasteiger partial charge in [0.25, 0.3) is 0 Å². The van der Waals surface area contributed by atoms with Crippen molar-refractivity contribution in [2.75, 3.05) is 0 Å². The first-order valence-electron chi connectivity index (χ1n) is 10.5. The lowest BCUT2D eigenvalue weighted by Gasteiger charge is -2.24. The summed E-state index contributed by atoms with van der Waals surface area (Å²) in [4.78, 5) is 24.5. The van der Waals surface area contributed by atoms with Crippen molar-refractivity contribution in [2.24, 2.45) is 0 Å². The lowest BCUT2D eigenvalue weighted by atomic mass is 9.86. The van der Waals surface area contributed by atoms with Gasteiger partial charge in [-0.05, 0) is 71.9 Å². The fraction of sp³-hybridized carbons (Fsp3) is 0.417. The van der Waals surface area contributed by atoms with E-state index in [-0.39, 0.29) is 17.6 Å². The van der Waals surface area contributed by atoms with Gasteiger partial charge in [0, 0.05) is 0 Å². The number of aromatic nitrogens is 4. The first-order valence-corrected chi connectivity index (χ1v) is 10.5. The number of rotatable bonds is 6. The molecule has 8 heteroatoms. The third-order valence-corrected chi connectivity index (χ3v) is 5.30. The van der Waals surface area contributed by atoms with Gasteiger partial charge >= 0.3 is 11.7 Å². The van der Waals surface area contributed by atoms with Crippen molar-refractivity contribution in [1.29, 1.82) is 0 Å². The van der Waals surface area contributed by atoms with Crippen LogP contribution in [0.15, 0.2) is 41.2 Å². The van der Waals surface area contributed by atoms with E-state index >= 15 is 0 Å². The molecule has 3 rings (SSSR count). The van der Waals surface area contributed by atoms with E-state index in [0.717, 1.165) is 22.3 Å². The molecule has 0 saturated carbocycles. The Kier molecular flexibility index (Phi) is 6.00. The second kappa shape index (κ2) is 8.26. The number of benzene rings is 2. The van der Waals surface area contributed by atoms with Crippen LogP contribution in [0.1, 0.15) is 56.9 Å². The minimum absolute atomic E-state index is 0.159. The molecule has 32 heavy (non-hydrogen) atoms. The Morgan fingerprint density at radius 1 is 1.03 bits per heavy atom. The summed E-state index contributed by atoms with van der Waals surface area (Å²) >= 11 is 0. The molecular formula is C24H30N4O4. The van der Waals surface area contributed by atoms with Crippen LogP contribution < -0.4 is 10.4 Å². The molecule has 0 unspecified atom stereocenters. The highest BCUT2D eigenvalue weighted by atomic mass is 16.5. The quantitative estimate of drug-likeness (QED) is 0.631. The van der Waals surface area contributed by atoms with Crippen molar-refractivity contribution >= 4 is 5.97 Å². The molecule has 0 fully saturated rings. The molecule has 1 heterocycles. The number of hydrogen-bond acceptors (Lipinski definition) is 5. The molecule has 0 aliphatic rings. The Bertz CT molecular complexity index is 1190. The maximum Gasteiger partial charge on any atom is 0.368 e. The lowest BCUT2D eigenvalue weighted by Crippen LogP contribution is -2.38. The predicted octanol–water partition coefficient (Wildman–Crippen LogP) is 3.63. The molecule has 0 radical (unpaired) electrons. The van der Waals surface area contributed by atoms with Crippen molar-refractivity contribution < 1.29 is 14.6 Å². The van der Waals surface area contributed by atoms with E-state index in [1.807, 2.05) is 50.2 Å². The van der Waals surface area contributed by atoms with Crippen LogP contribution in [-0.4, -0.2) is 36.5 Å². The average Bonchev–Trinajstić information content (AvgIpc) is 3.04. The van der Waals surface area contributed by atoms with Gasteiger partial charge in [-0.3, -0.25) is 0 Å². The van der Waals surface area contributed by atoms with Crippen molar-refractivity contribution in [2.45, 2.75) is 66.0 Å². The molecule has 0 aliphatic heterocycles. The third-order valence-electron chi connectivity index (χ3n) is 5.30. The van der Waals surface area contributed by atoms with Crippen LogP contribution in [-0.2, 0) is 16.8 Å². The highest BCUT2D eigenvalue weighted by Gasteiger charge is 2.30. The number of aryl methyl sites for hydroxylation is 2. The summed E-state index contributed by atoms with van der Waals surface area (Å²) < 4.78 is 8.40. The van der Waals surface area contributed by atoms with E-state index in [1.54, 1.807) is 0 Å². The lowest BCUT2D eigenvalue weighted by molar-refractivity contribution is -0.152. The number of carboxylic acids is 1. The van der Waals surface area contributed by atoms with Crippen LogP contribution in [0.25, 0.3) is 5.69 Å². The number of ether oxygens (including phenoxy) is 1. The Hall–Kier alpha value is -3.42. The number of carboxylic acid groups (broad SMARTS) is 1. The molecular weight excluding hydrogens is 408 g/mol. The van der Waals surface area contributed by atoms with Gasteiger partial charge in [0.1, 0.15) is 5.75 Å². The topological polar surface area (TPSA) is 99.2 Å². The van der Waals surface area contributed by atoms with E-state index < -0.39 is 11.6 Å². The predicted molar refractivity (Wildman–Crippen MR) is 122 cm³/mol. The van der Waals surface area contributed by atoms with Crippen LogP contribution in [0.5, 0.6) is 5.75 Å². The van der Waals surface area contributed by atoms with E-state index in [4.69, 9.17) is 4.74 Å². The van der Waals surface area contributed by atoms with Crippen LogP contribution in [0.3, 0.4) is 0 Å². The molecule has 8 nitrogen and oxygen atoms in total. The number of nitrogens with zero attached hydrogens (tertiary/aromatic N) is 4. The van der Waals surface area contributed by atoms with Crippen LogP contribution in [0.4, 0.5) is 0 Å². The average molecular weight is 439 g/mol. The molecule has 2 aromatic carbocycles. The third kappa shape index (κ3) is 4.59. The normalized spacial score (nSPS) is 12.1. The molecule has 3 aromatic rings. The summed E-state index contributed by atoms with van der Waals surface area (Å²) in [7, 11) is 0. The van der Waals surface area contributed by atoms with Gasteiger partial charge < -0.3 is 9.84 Å². The first kappa shape index (κ1) is 23.2. The number of hydrogen-bond donors (Lipinski definition) is 1. The fourth-order valence-electron chi connectivity index (χ4n) is 3.58. The second-order valence-electron chi connectivity index (χ2n) is 9.57.